The molecule has 0 amide bonds. The van der Waals surface area contributed by atoms with Crippen LogP contribution in [0.4, 0.5) is 0 Å². The molecule has 0 radical (unpaired) electrons. The van der Waals surface area contributed by atoms with Crippen molar-refractivity contribution in [1.29, 1.82) is 0 Å². The number of carboxylic acid groups (broad SMARTS) is 1. The van der Waals surface area contributed by atoms with E-state index >= 15 is 0 Å². The SMILES string of the molecule is [C-]#[N+]/C(=C/c1ccc2c(c1)c1ccccc1n2-c1ccc(C=C(c2ccccc2)c2ccccc2)cc1)C(=O)O. The zero-order valence-corrected chi connectivity index (χ0v) is 21.5. The highest BCUT2D eigenvalue weighted by Crippen LogP contribution is 2.33. The third-order valence-electron chi connectivity index (χ3n) is 6.97. The summed E-state index contributed by atoms with van der Waals surface area (Å²) in [6, 6.07) is 43.3. The van der Waals surface area contributed by atoms with E-state index in [9.17, 15) is 9.90 Å². The summed E-state index contributed by atoms with van der Waals surface area (Å²) < 4.78 is 2.22. The number of nitrogens with zero attached hydrogens (tertiary/aromatic N) is 2. The fourth-order valence-electron chi connectivity index (χ4n) is 5.11. The Bertz CT molecular complexity index is 1920. The molecule has 1 heterocycles. The smallest absolute Gasteiger partial charge is 0.333 e. The van der Waals surface area contributed by atoms with Crippen LogP contribution in [0.25, 0.3) is 50.1 Å². The summed E-state index contributed by atoms with van der Waals surface area (Å²) >= 11 is 0. The standard InChI is InChI=1S/C36H24N2O2/c1-37-33(36(39)40)24-26-18-21-35-32(23-26)30-14-8-9-15-34(30)38(35)29-19-16-25(17-20-29)22-31(27-10-4-2-5-11-27)28-12-6-3-7-13-28/h2-24H,(H,39,40)/b33-24+. The molecule has 40 heavy (non-hydrogen) atoms. The highest BCUT2D eigenvalue weighted by atomic mass is 16.4. The molecule has 5 aromatic carbocycles. The molecule has 1 aromatic heterocycles. The second-order valence-electron chi connectivity index (χ2n) is 9.46. The van der Waals surface area contributed by atoms with Crippen molar-refractivity contribution >= 4 is 45.5 Å². The van der Waals surface area contributed by atoms with Crippen LogP contribution in [0.2, 0.25) is 0 Å². The van der Waals surface area contributed by atoms with Crippen molar-refractivity contribution in [3.05, 3.63) is 167 Å². The Kier molecular flexibility index (Phi) is 6.54. The van der Waals surface area contributed by atoms with Crippen LogP contribution in [0.5, 0.6) is 0 Å². The van der Waals surface area contributed by atoms with Gasteiger partial charge in [-0.25, -0.2) is 4.85 Å². The van der Waals surface area contributed by atoms with Crippen LogP contribution in [0.15, 0.2) is 133 Å². The summed E-state index contributed by atoms with van der Waals surface area (Å²) in [4.78, 5) is 14.5. The minimum Gasteiger partial charge on any atom is -0.486 e. The van der Waals surface area contributed by atoms with E-state index in [1.54, 1.807) is 0 Å². The topological polar surface area (TPSA) is 46.6 Å². The highest BCUT2D eigenvalue weighted by molar-refractivity contribution is 6.10. The van der Waals surface area contributed by atoms with Gasteiger partial charge in [-0.2, -0.15) is 0 Å². The number of aliphatic carboxylic acids is 1. The van der Waals surface area contributed by atoms with Gasteiger partial charge in [0.1, 0.15) is 0 Å². The van der Waals surface area contributed by atoms with Crippen LogP contribution in [-0.4, -0.2) is 15.6 Å². The third kappa shape index (κ3) is 4.69. The zero-order chi connectivity index (χ0) is 27.5. The zero-order valence-electron chi connectivity index (χ0n) is 21.5. The fraction of sp³-hybridized carbons (Fsp3) is 0. The Labute approximate surface area is 232 Å². The molecule has 4 nitrogen and oxygen atoms in total. The molecule has 0 fully saturated rings. The van der Waals surface area contributed by atoms with E-state index in [1.165, 1.54) is 6.08 Å². The maximum atomic E-state index is 11.4. The Morgan fingerprint density at radius 3 is 1.85 bits per heavy atom. The monoisotopic (exact) mass is 516 g/mol. The van der Waals surface area contributed by atoms with E-state index in [0.29, 0.717) is 5.56 Å². The summed E-state index contributed by atoms with van der Waals surface area (Å²) in [5.74, 6) is -1.23. The first-order valence-corrected chi connectivity index (χ1v) is 12.9. The van der Waals surface area contributed by atoms with Crippen molar-refractivity contribution in [2.75, 3.05) is 0 Å². The second kappa shape index (κ2) is 10.6. The molecule has 0 aliphatic carbocycles. The molecule has 1 N–H and O–H groups in total. The highest BCUT2D eigenvalue weighted by Gasteiger charge is 2.14. The lowest BCUT2D eigenvalue weighted by Gasteiger charge is -2.11. The van der Waals surface area contributed by atoms with Gasteiger partial charge < -0.3 is 9.67 Å². The number of hydrogen-bond acceptors (Lipinski definition) is 1. The lowest BCUT2D eigenvalue weighted by Crippen LogP contribution is -1.95. The van der Waals surface area contributed by atoms with Gasteiger partial charge in [0.15, 0.2) is 0 Å². The largest absolute Gasteiger partial charge is 0.486 e. The van der Waals surface area contributed by atoms with E-state index in [0.717, 1.165) is 49.8 Å². The predicted molar refractivity (Wildman–Crippen MR) is 163 cm³/mol. The molecule has 190 valence electrons. The Hall–Kier alpha value is -5.66. The minimum absolute atomic E-state index is 0.308. The number of para-hydroxylation sites is 1. The first kappa shape index (κ1) is 24.7. The van der Waals surface area contributed by atoms with E-state index < -0.39 is 5.97 Å². The lowest BCUT2D eigenvalue weighted by molar-refractivity contribution is -0.132. The number of fused-ring (bicyclic) bond motifs is 3. The number of aromatic nitrogens is 1. The quantitative estimate of drug-likeness (QED) is 0.137. The van der Waals surface area contributed by atoms with Gasteiger partial charge in [0.05, 0.1) is 17.6 Å². The molecule has 0 atom stereocenters. The van der Waals surface area contributed by atoms with Crippen LogP contribution < -0.4 is 0 Å². The summed E-state index contributed by atoms with van der Waals surface area (Å²) in [6.45, 7) is 7.18. The normalized spacial score (nSPS) is 11.3. The van der Waals surface area contributed by atoms with Crippen LogP contribution >= 0.6 is 0 Å². The maximum absolute atomic E-state index is 11.4. The molecule has 4 heteroatoms. The van der Waals surface area contributed by atoms with Gasteiger partial charge in [0.25, 0.3) is 5.70 Å². The number of carboxylic acids is 1. The first-order valence-electron chi connectivity index (χ1n) is 12.9. The van der Waals surface area contributed by atoms with Gasteiger partial charge in [-0.1, -0.05) is 97.1 Å². The van der Waals surface area contributed by atoms with Crippen LogP contribution in [0.3, 0.4) is 0 Å². The number of rotatable bonds is 6. The second-order valence-corrected chi connectivity index (χ2v) is 9.46. The minimum atomic E-state index is -1.23. The van der Waals surface area contributed by atoms with Crippen molar-refractivity contribution in [2.24, 2.45) is 0 Å². The molecular formula is C36H24N2O2. The number of carbonyl (C=O) groups is 1. The van der Waals surface area contributed by atoms with Gasteiger partial charge in [-0.3, -0.25) is 4.79 Å². The van der Waals surface area contributed by atoms with Gasteiger partial charge in [0, 0.05) is 16.5 Å². The Morgan fingerprint density at radius 1 is 0.650 bits per heavy atom. The molecule has 0 bridgehead atoms. The van der Waals surface area contributed by atoms with Gasteiger partial charge in [-0.15, -0.1) is 0 Å². The van der Waals surface area contributed by atoms with Gasteiger partial charge >= 0.3 is 5.97 Å². The van der Waals surface area contributed by atoms with Crippen molar-refractivity contribution in [3.63, 3.8) is 0 Å². The maximum Gasteiger partial charge on any atom is 0.333 e. The Morgan fingerprint density at radius 2 is 1.23 bits per heavy atom. The van der Waals surface area contributed by atoms with Crippen LogP contribution in [0.1, 0.15) is 22.3 Å². The number of hydrogen-bond donors (Lipinski definition) is 1. The van der Waals surface area contributed by atoms with Gasteiger partial charge in [-0.05, 0) is 70.3 Å². The number of benzene rings is 5. The van der Waals surface area contributed by atoms with Crippen molar-refractivity contribution in [2.45, 2.75) is 0 Å². The van der Waals surface area contributed by atoms with Crippen molar-refractivity contribution < 1.29 is 9.90 Å². The molecular weight excluding hydrogens is 492 g/mol. The van der Waals surface area contributed by atoms with E-state index in [2.05, 4.69) is 100 Å². The predicted octanol–water partition coefficient (Wildman–Crippen LogP) is 8.72. The molecule has 0 saturated heterocycles. The van der Waals surface area contributed by atoms with Crippen LogP contribution in [0, 0.1) is 6.57 Å². The fourth-order valence-corrected chi connectivity index (χ4v) is 5.11. The first-order chi connectivity index (χ1) is 19.6. The molecule has 0 saturated carbocycles. The molecule has 6 rings (SSSR count). The molecule has 0 aliphatic heterocycles. The van der Waals surface area contributed by atoms with Crippen molar-refractivity contribution in [3.8, 4) is 5.69 Å². The van der Waals surface area contributed by atoms with Crippen LogP contribution in [-0.2, 0) is 4.79 Å². The third-order valence-corrected chi connectivity index (χ3v) is 6.97. The molecule has 0 spiro atoms. The Balaban J connectivity index is 1.45. The van der Waals surface area contributed by atoms with E-state index in [1.807, 2.05) is 42.5 Å². The molecule has 0 aliphatic rings. The summed E-state index contributed by atoms with van der Waals surface area (Å²) in [5, 5.41) is 11.3. The van der Waals surface area contributed by atoms with Gasteiger partial charge in [0.2, 0.25) is 0 Å². The van der Waals surface area contributed by atoms with E-state index in [-0.39, 0.29) is 5.70 Å². The molecule has 0 unspecified atom stereocenters. The average molecular weight is 517 g/mol. The van der Waals surface area contributed by atoms with E-state index in [4.69, 9.17) is 6.57 Å². The molecule has 6 aromatic rings. The van der Waals surface area contributed by atoms with Crippen molar-refractivity contribution in [1.82, 2.24) is 4.57 Å². The lowest BCUT2D eigenvalue weighted by atomic mass is 9.96. The summed E-state index contributed by atoms with van der Waals surface area (Å²) in [7, 11) is 0. The summed E-state index contributed by atoms with van der Waals surface area (Å²) in [6.07, 6.45) is 3.63. The summed E-state index contributed by atoms with van der Waals surface area (Å²) in [5.41, 5.74) is 8.04. The average Bonchev–Trinajstić information content (AvgIpc) is 3.33.